The Labute approximate surface area is 165 Å². The Bertz CT molecular complexity index is 915. The van der Waals surface area contributed by atoms with Gasteiger partial charge in [0.1, 0.15) is 5.82 Å². The van der Waals surface area contributed by atoms with Gasteiger partial charge in [0, 0.05) is 50.8 Å². The number of nitrogens with zero attached hydrogens (tertiary/aromatic N) is 3. The number of hydrogen-bond acceptors (Lipinski definition) is 4. The molecule has 1 saturated heterocycles. The second kappa shape index (κ2) is 8.78. The van der Waals surface area contributed by atoms with Gasteiger partial charge in [-0.05, 0) is 36.2 Å². The maximum atomic E-state index is 13.2. The second-order valence-corrected chi connectivity index (χ2v) is 7.49. The number of halogens is 1. The van der Waals surface area contributed by atoms with Gasteiger partial charge in [-0.2, -0.15) is 0 Å². The molecular weight excluding hydrogens is 353 g/mol. The highest BCUT2D eigenvalue weighted by atomic mass is 19.1. The minimum Gasteiger partial charge on any atom is -0.396 e. The van der Waals surface area contributed by atoms with E-state index in [1.807, 2.05) is 30.3 Å². The molecule has 0 spiro atoms. The van der Waals surface area contributed by atoms with Gasteiger partial charge >= 0.3 is 0 Å². The normalized spacial score (nSPS) is 18.6. The van der Waals surface area contributed by atoms with Crippen LogP contribution < -0.4 is 0 Å². The molecule has 1 aromatic heterocycles. The van der Waals surface area contributed by atoms with Crippen molar-refractivity contribution < 1.29 is 9.50 Å². The predicted molar refractivity (Wildman–Crippen MR) is 109 cm³/mol. The zero-order valence-electron chi connectivity index (χ0n) is 16.0. The van der Waals surface area contributed by atoms with Crippen molar-refractivity contribution in [1.29, 1.82) is 0 Å². The molecule has 0 aliphatic carbocycles. The fraction of sp³-hybridized carbons (Fsp3) is 0.348. The van der Waals surface area contributed by atoms with Crippen LogP contribution in [0.25, 0.3) is 10.9 Å². The van der Waals surface area contributed by atoms with Gasteiger partial charge in [0.05, 0.1) is 11.2 Å². The van der Waals surface area contributed by atoms with E-state index in [0.29, 0.717) is 0 Å². The topological polar surface area (TPSA) is 39.6 Å². The molecule has 0 radical (unpaired) electrons. The summed E-state index contributed by atoms with van der Waals surface area (Å²) < 4.78 is 13.2. The van der Waals surface area contributed by atoms with Crippen LogP contribution in [0.15, 0.2) is 60.7 Å². The summed E-state index contributed by atoms with van der Waals surface area (Å²) in [6.07, 6.45) is 0.739. The molecule has 2 aromatic carbocycles. The fourth-order valence-electron chi connectivity index (χ4n) is 3.98. The Kier molecular flexibility index (Phi) is 5.95. The summed E-state index contributed by atoms with van der Waals surface area (Å²) in [4.78, 5) is 9.61. The molecular formula is C23H26FN3O. The number of piperazine rings is 1. The van der Waals surface area contributed by atoms with Crippen molar-refractivity contribution in [2.24, 2.45) is 0 Å². The van der Waals surface area contributed by atoms with Crippen LogP contribution in [-0.4, -0.2) is 52.2 Å². The Morgan fingerprint density at radius 3 is 2.61 bits per heavy atom. The SMILES string of the molecule is OCCC1CN(Cc2ccc3ccccc3n2)CCN1Cc1ccc(F)cc1. The van der Waals surface area contributed by atoms with E-state index in [1.54, 1.807) is 0 Å². The third-order valence-electron chi connectivity index (χ3n) is 5.49. The summed E-state index contributed by atoms with van der Waals surface area (Å²) in [7, 11) is 0. The largest absolute Gasteiger partial charge is 0.396 e. The van der Waals surface area contributed by atoms with Crippen molar-refractivity contribution in [1.82, 2.24) is 14.8 Å². The number of aromatic nitrogens is 1. The Balaban J connectivity index is 1.42. The molecule has 1 aliphatic heterocycles. The van der Waals surface area contributed by atoms with Gasteiger partial charge in [-0.25, -0.2) is 4.39 Å². The number of pyridine rings is 1. The van der Waals surface area contributed by atoms with Crippen LogP contribution in [0.4, 0.5) is 4.39 Å². The fourth-order valence-corrected chi connectivity index (χ4v) is 3.98. The zero-order valence-corrected chi connectivity index (χ0v) is 16.0. The third-order valence-corrected chi connectivity index (χ3v) is 5.49. The number of para-hydroxylation sites is 1. The number of aliphatic hydroxyl groups is 1. The lowest BCUT2D eigenvalue weighted by Crippen LogP contribution is -2.52. The quantitative estimate of drug-likeness (QED) is 0.712. The summed E-state index contributed by atoms with van der Waals surface area (Å²) in [6.45, 7) is 4.56. The summed E-state index contributed by atoms with van der Waals surface area (Å²) in [5, 5.41) is 10.7. The van der Waals surface area contributed by atoms with Crippen LogP contribution in [0.1, 0.15) is 17.7 Å². The summed E-state index contributed by atoms with van der Waals surface area (Å²) in [6, 6.07) is 19.4. The first-order valence-corrected chi connectivity index (χ1v) is 9.87. The lowest BCUT2D eigenvalue weighted by Gasteiger charge is -2.41. The third kappa shape index (κ3) is 4.55. The Morgan fingerprint density at radius 1 is 0.964 bits per heavy atom. The first kappa shape index (κ1) is 19.0. The maximum absolute atomic E-state index is 13.2. The van der Waals surface area contributed by atoms with E-state index in [-0.39, 0.29) is 18.5 Å². The highest BCUT2D eigenvalue weighted by Crippen LogP contribution is 2.19. The first-order chi connectivity index (χ1) is 13.7. The zero-order chi connectivity index (χ0) is 19.3. The summed E-state index contributed by atoms with van der Waals surface area (Å²) >= 11 is 0. The molecule has 0 amide bonds. The van der Waals surface area contributed by atoms with E-state index in [4.69, 9.17) is 4.98 Å². The molecule has 4 rings (SSSR count). The van der Waals surface area contributed by atoms with E-state index in [1.165, 1.54) is 12.1 Å². The maximum Gasteiger partial charge on any atom is 0.123 e. The minimum atomic E-state index is -0.205. The number of hydrogen-bond donors (Lipinski definition) is 1. The van der Waals surface area contributed by atoms with Crippen LogP contribution in [0, 0.1) is 5.82 Å². The van der Waals surface area contributed by atoms with Gasteiger partial charge in [-0.1, -0.05) is 36.4 Å². The number of aliphatic hydroxyl groups excluding tert-OH is 1. The average molecular weight is 379 g/mol. The lowest BCUT2D eigenvalue weighted by atomic mass is 10.1. The summed E-state index contributed by atoms with van der Waals surface area (Å²) in [5.74, 6) is -0.205. The average Bonchev–Trinajstić information content (AvgIpc) is 2.72. The number of fused-ring (bicyclic) bond motifs is 1. The Hall–Kier alpha value is -2.34. The van der Waals surface area contributed by atoms with E-state index >= 15 is 0 Å². The minimum absolute atomic E-state index is 0.173. The molecule has 0 saturated carbocycles. The van der Waals surface area contributed by atoms with Gasteiger partial charge in [-0.3, -0.25) is 14.8 Å². The molecule has 1 atom stereocenters. The van der Waals surface area contributed by atoms with Gasteiger partial charge in [0.25, 0.3) is 0 Å². The van der Waals surface area contributed by atoms with Crippen LogP contribution >= 0.6 is 0 Å². The molecule has 2 heterocycles. The van der Waals surface area contributed by atoms with Crippen molar-refractivity contribution in [3.05, 3.63) is 77.7 Å². The molecule has 146 valence electrons. The van der Waals surface area contributed by atoms with E-state index in [0.717, 1.165) is 61.3 Å². The van der Waals surface area contributed by atoms with Crippen LogP contribution in [0.3, 0.4) is 0 Å². The van der Waals surface area contributed by atoms with Crippen molar-refractivity contribution in [2.45, 2.75) is 25.6 Å². The van der Waals surface area contributed by atoms with E-state index in [9.17, 15) is 9.50 Å². The van der Waals surface area contributed by atoms with Gasteiger partial charge in [0.15, 0.2) is 0 Å². The van der Waals surface area contributed by atoms with Crippen molar-refractivity contribution in [3.8, 4) is 0 Å². The lowest BCUT2D eigenvalue weighted by molar-refractivity contribution is 0.0494. The molecule has 3 aromatic rings. The Morgan fingerprint density at radius 2 is 1.79 bits per heavy atom. The molecule has 1 N–H and O–H groups in total. The molecule has 4 nitrogen and oxygen atoms in total. The molecule has 1 unspecified atom stereocenters. The van der Waals surface area contributed by atoms with Gasteiger partial charge in [-0.15, -0.1) is 0 Å². The monoisotopic (exact) mass is 379 g/mol. The molecule has 0 bridgehead atoms. The number of rotatable bonds is 6. The molecule has 1 aliphatic rings. The summed E-state index contributed by atoms with van der Waals surface area (Å²) in [5.41, 5.74) is 3.21. The van der Waals surface area contributed by atoms with Crippen LogP contribution in [0.2, 0.25) is 0 Å². The van der Waals surface area contributed by atoms with Crippen molar-refractivity contribution in [3.63, 3.8) is 0 Å². The highest BCUT2D eigenvalue weighted by Gasteiger charge is 2.26. The van der Waals surface area contributed by atoms with Crippen molar-refractivity contribution >= 4 is 10.9 Å². The molecule has 5 heteroatoms. The van der Waals surface area contributed by atoms with Gasteiger partial charge in [0.2, 0.25) is 0 Å². The van der Waals surface area contributed by atoms with Gasteiger partial charge < -0.3 is 5.11 Å². The van der Waals surface area contributed by atoms with E-state index < -0.39 is 0 Å². The smallest absolute Gasteiger partial charge is 0.123 e. The van der Waals surface area contributed by atoms with Crippen LogP contribution in [0.5, 0.6) is 0 Å². The standard InChI is InChI=1S/C23H26FN3O/c24-20-8-5-18(6-9-20)15-27-13-12-26(17-22(27)11-14-28)16-21-10-7-19-3-1-2-4-23(19)25-21/h1-10,22,28H,11-17H2. The van der Waals surface area contributed by atoms with Crippen LogP contribution in [-0.2, 0) is 13.1 Å². The number of benzene rings is 2. The van der Waals surface area contributed by atoms with E-state index in [2.05, 4.69) is 28.0 Å². The molecule has 28 heavy (non-hydrogen) atoms. The second-order valence-electron chi connectivity index (χ2n) is 7.49. The molecule has 1 fully saturated rings. The predicted octanol–water partition coefficient (Wildman–Crippen LogP) is 3.44. The highest BCUT2D eigenvalue weighted by molar-refractivity contribution is 5.78. The van der Waals surface area contributed by atoms with Crippen molar-refractivity contribution in [2.75, 3.05) is 26.2 Å². The first-order valence-electron chi connectivity index (χ1n) is 9.87.